The van der Waals surface area contributed by atoms with Crippen LogP contribution in [-0.2, 0) is 0 Å². The first kappa shape index (κ1) is 22.2. The first-order chi connectivity index (χ1) is 14.7. The zero-order valence-corrected chi connectivity index (χ0v) is 22.4. The molecule has 0 heterocycles. The van der Waals surface area contributed by atoms with Crippen molar-refractivity contribution >= 4 is 8.07 Å². The SMILES string of the molecule is CC1CC2C(CC3CCCC3C2c2ccccc2)C1[Si](C)(C)C1C(C)C(C)C(C)C1C. The molecule has 31 heavy (non-hydrogen) atoms. The van der Waals surface area contributed by atoms with E-state index >= 15 is 0 Å². The lowest BCUT2D eigenvalue weighted by Crippen LogP contribution is -2.47. The van der Waals surface area contributed by atoms with Crippen LogP contribution in [0.5, 0.6) is 0 Å². The highest BCUT2D eigenvalue weighted by Gasteiger charge is 2.60. The zero-order chi connectivity index (χ0) is 22.1. The molecule has 11 unspecified atom stereocenters. The van der Waals surface area contributed by atoms with Crippen LogP contribution in [0, 0.1) is 53.3 Å². The standard InChI is InChI=1S/C30H48Si/c1-18-16-26-27(29(18)31(6,7)30-21(4)19(2)20(3)22(30)5)17-24-14-11-15-25(24)28(26)23-12-9-8-10-13-23/h8-10,12-13,18-22,24-30H,11,14-17H2,1-7H3. The molecule has 0 nitrogen and oxygen atoms in total. The molecule has 172 valence electrons. The zero-order valence-electron chi connectivity index (χ0n) is 21.4. The van der Waals surface area contributed by atoms with Gasteiger partial charge < -0.3 is 0 Å². The molecule has 1 aromatic carbocycles. The van der Waals surface area contributed by atoms with Gasteiger partial charge in [-0.1, -0.05) is 90.9 Å². The molecular weight excluding hydrogens is 388 g/mol. The lowest BCUT2D eigenvalue weighted by Gasteiger charge is -2.50. The second-order valence-electron chi connectivity index (χ2n) is 13.4. The first-order valence-electron chi connectivity index (χ1n) is 13.8. The average Bonchev–Trinajstić information content (AvgIpc) is 3.38. The highest BCUT2D eigenvalue weighted by Crippen LogP contribution is 2.68. The Bertz CT molecular complexity index is 754. The summed E-state index contributed by atoms with van der Waals surface area (Å²) in [6.45, 7) is 18.7. The molecule has 0 spiro atoms. The van der Waals surface area contributed by atoms with Gasteiger partial charge in [0.2, 0.25) is 0 Å². The van der Waals surface area contributed by atoms with Crippen molar-refractivity contribution in [1.82, 2.24) is 0 Å². The van der Waals surface area contributed by atoms with Crippen molar-refractivity contribution in [3.8, 4) is 0 Å². The van der Waals surface area contributed by atoms with E-state index in [1.165, 1.54) is 25.7 Å². The van der Waals surface area contributed by atoms with Gasteiger partial charge in [-0.05, 0) is 95.1 Å². The van der Waals surface area contributed by atoms with Crippen LogP contribution in [0.3, 0.4) is 0 Å². The summed E-state index contributed by atoms with van der Waals surface area (Å²) in [6, 6.07) is 11.8. The highest BCUT2D eigenvalue weighted by molar-refractivity contribution is 6.80. The normalized spacial score (nSPS) is 49.8. The Labute approximate surface area is 194 Å². The van der Waals surface area contributed by atoms with Crippen molar-refractivity contribution in [2.24, 2.45) is 53.3 Å². The fraction of sp³-hybridized carbons (Fsp3) is 0.800. The molecule has 4 saturated carbocycles. The minimum absolute atomic E-state index is 0.848. The van der Waals surface area contributed by atoms with Gasteiger partial charge in [0, 0.05) is 0 Å². The number of hydrogen-bond acceptors (Lipinski definition) is 0. The van der Waals surface area contributed by atoms with Crippen LogP contribution in [-0.4, -0.2) is 8.07 Å². The Morgan fingerprint density at radius 3 is 1.97 bits per heavy atom. The summed E-state index contributed by atoms with van der Waals surface area (Å²) >= 11 is 0. The average molecular weight is 437 g/mol. The van der Waals surface area contributed by atoms with E-state index in [1.54, 1.807) is 12.0 Å². The largest absolute Gasteiger partial charge is 0.0689 e. The predicted octanol–water partition coefficient (Wildman–Crippen LogP) is 8.87. The van der Waals surface area contributed by atoms with E-state index in [1.807, 2.05) is 0 Å². The maximum Gasteiger partial charge on any atom is 0.0546 e. The van der Waals surface area contributed by atoms with Gasteiger partial charge in [-0.2, -0.15) is 0 Å². The molecule has 0 radical (unpaired) electrons. The Kier molecular flexibility index (Phi) is 5.76. The molecule has 0 N–H and O–H groups in total. The molecule has 1 aromatic rings. The van der Waals surface area contributed by atoms with Crippen LogP contribution in [0.15, 0.2) is 30.3 Å². The van der Waals surface area contributed by atoms with Gasteiger partial charge in [-0.3, -0.25) is 0 Å². The molecule has 0 amide bonds. The third kappa shape index (κ3) is 3.34. The highest BCUT2D eigenvalue weighted by atomic mass is 28.3. The van der Waals surface area contributed by atoms with Crippen LogP contribution in [0.2, 0.25) is 24.2 Å². The maximum atomic E-state index is 2.84. The molecule has 0 bridgehead atoms. The summed E-state index contributed by atoms with van der Waals surface area (Å²) in [5, 5.41) is 0. The number of benzene rings is 1. The third-order valence-corrected chi connectivity index (χ3v) is 17.5. The Hall–Kier alpha value is -0.563. The second-order valence-corrected chi connectivity index (χ2v) is 18.4. The monoisotopic (exact) mass is 436 g/mol. The van der Waals surface area contributed by atoms with E-state index < -0.39 is 8.07 Å². The third-order valence-electron chi connectivity index (χ3n) is 12.0. The summed E-state index contributed by atoms with van der Waals surface area (Å²) in [7, 11) is -1.39. The first-order valence-corrected chi connectivity index (χ1v) is 16.9. The molecular formula is C30H48Si. The molecule has 11 atom stereocenters. The van der Waals surface area contributed by atoms with Crippen LogP contribution in [0.4, 0.5) is 0 Å². The number of rotatable bonds is 3. The molecule has 5 rings (SSSR count). The molecule has 0 aromatic heterocycles. The van der Waals surface area contributed by atoms with Gasteiger partial charge in [-0.25, -0.2) is 0 Å². The van der Waals surface area contributed by atoms with E-state index in [-0.39, 0.29) is 0 Å². The van der Waals surface area contributed by atoms with E-state index in [4.69, 9.17) is 0 Å². The van der Waals surface area contributed by atoms with Crippen LogP contribution in [0.25, 0.3) is 0 Å². The summed E-state index contributed by atoms with van der Waals surface area (Å²) in [5.41, 5.74) is 3.74. The molecule has 4 aliphatic carbocycles. The van der Waals surface area contributed by atoms with Gasteiger partial charge in [-0.15, -0.1) is 0 Å². The Morgan fingerprint density at radius 1 is 0.677 bits per heavy atom. The topological polar surface area (TPSA) is 0 Å². The molecule has 1 heteroatoms. The lowest BCUT2D eigenvalue weighted by molar-refractivity contribution is 0.121. The number of hydrogen-bond donors (Lipinski definition) is 0. The van der Waals surface area contributed by atoms with E-state index in [2.05, 4.69) is 78.0 Å². The van der Waals surface area contributed by atoms with Crippen LogP contribution in [0.1, 0.15) is 78.2 Å². The quantitative estimate of drug-likeness (QED) is 0.415. The van der Waals surface area contributed by atoms with Gasteiger partial charge in [0.05, 0.1) is 8.07 Å². The van der Waals surface area contributed by atoms with Crippen molar-refractivity contribution in [2.75, 3.05) is 0 Å². The minimum Gasteiger partial charge on any atom is -0.0689 e. The maximum absolute atomic E-state index is 2.84. The summed E-state index contributed by atoms with van der Waals surface area (Å²) in [6.07, 6.45) is 7.59. The van der Waals surface area contributed by atoms with E-state index in [9.17, 15) is 0 Å². The summed E-state index contributed by atoms with van der Waals surface area (Å²) in [5.74, 6) is 9.39. The van der Waals surface area contributed by atoms with Gasteiger partial charge in [0.25, 0.3) is 0 Å². The molecule has 4 aliphatic rings. The lowest BCUT2D eigenvalue weighted by atomic mass is 9.62. The van der Waals surface area contributed by atoms with Crippen molar-refractivity contribution in [1.29, 1.82) is 0 Å². The van der Waals surface area contributed by atoms with Crippen molar-refractivity contribution in [2.45, 2.75) is 96.8 Å². The van der Waals surface area contributed by atoms with Crippen LogP contribution >= 0.6 is 0 Å². The number of fused-ring (bicyclic) bond motifs is 2. The predicted molar refractivity (Wildman–Crippen MR) is 137 cm³/mol. The molecule has 0 aliphatic heterocycles. The fourth-order valence-electron chi connectivity index (χ4n) is 10.8. The summed E-state index contributed by atoms with van der Waals surface area (Å²) in [4.78, 5) is 0. The van der Waals surface area contributed by atoms with Crippen molar-refractivity contribution in [3.05, 3.63) is 35.9 Å². The fourth-order valence-corrected chi connectivity index (χ4v) is 17.6. The molecule has 0 saturated heterocycles. The van der Waals surface area contributed by atoms with E-state index in [0.29, 0.717) is 0 Å². The van der Waals surface area contributed by atoms with Gasteiger partial charge in [0.15, 0.2) is 0 Å². The Morgan fingerprint density at radius 2 is 1.32 bits per heavy atom. The smallest absolute Gasteiger partial charge is 0.0546 e. The van der Waals surface area contributed by atoms with Crippen molar-refractivity contribution in [3.63, 3.8) is 0 Å². The Balaban J connectivity index is 1.51. The summed E-state index contributed by atoms with van der Waals surface area (Å²) < 4.78 is 0. The van der Waals surface area contributed by atoms with Gasteiger partial charge in [0.1, 0.15) is 0 Å². The molecule has 4 fully saturated rings. The minimum atomic E-state index is -1.39. The van der Waals surface area contributed by atoms with Crippen LogP contribution < -0.4 is 0 Å². The van der Waals surface area contributed by atoms with Gasteiger partial charge >= 0.3 is 0 Å². The van der Waals surface area contributed by atoms with E-state index in [0.717, 1.165) is 70.3 Å². The van der Waals surface area contributed by atoms with Crippen molar-refractivity contribution < 1.29 is 0 Å². The second kappa shape index (κ2) is 8.03.